The molecule has 2 N–H and O–H groups in total. The maximum absolute atomic E-state index is 13.1. The molecule has 0 atom stereocenters. The highest BCUT2D eigenvalue weighted by molar-refractivity contribution is 7.89. The van der Waals surface area contributed by atoms with Gasteiger partial charge in [0.05, 0.1) is 4.90 Å². The molecule has 0 bridgehead atoms. The minimum absolute atomic E-state index is 0.0181. The maximum Gasteiger partial charge on any atom is 0.240 e. The number of aromatic nitrogens is 2. The Hall–Kier alpha value is -1.73. The largest absolute Gasteiger partial charge is 0.349 e. The van der Waals surface area contributed by atoms with Gasteiger partial charge in [0.1, 0.15) is 11.6 Å². The molecule has 20 heavy (non-hydrogen) atoms. The van der Waals surface area contributed by atoms with E-state index in [0.717, 1.165) is 11.9 Å². The minimum atomic E-state index is -3.68. The molecule has 0 unspecified atom stereocenters. The summed E-state index contributed by atoms with van der Waals surface area (Å²) < 4.78 is 39.7. The molecule has 0 saturated carbocycles. The molecule has 0 saturated heterocycles. The first-order valence-electron chi connectivity index (χ1n) is 6.23. The van der Waals surface area contributed by atoms with Gasteiger partial charge in [0.15, 0.2) is 0 Å². The number of rotatable bonds is 6. The van der Waals surface area contributed by atoms with E-state index < -0.39 is 15.8 Å². The van der Waals surface area contributed by atoms with Crippen molar-refractivity contribution in [2.45, 2.75) is 24.7 Å². The van der Waals surface area contributed by atoms with Crippen LogP contribution >= 0.6 is 0 Å². The van der Waals surface area contributed by atoms with Crippen molar-refractivity contribution >= 4 is 10.0 Å². The van der Waals surface area contributed by atoms with Crippen LogP contribution in [0, 0.1) is 12.7 Å². The Morgan fingerprint density at radius 1 is 1.40 bits per heavy atom. The summed E-state index contributed by atoms with van der Waals surface area (Å²) in [6.07, 6.45) is 4.63. The van der Waals surface area contributed by atoms with Crippen molar-refractivity contribution in [2.24, 2.45) is 0 Å². The van der Waals surface area contributed by atoms with Gasteiger partial charge in [-0.3, -0.25) is 0 Å². The first-order valence-corrected chi connectivity index (χ1v) is 7.71. The third kappa shape index (κ3) is 3.64. The normalized spacial score (nSPS) is 11.7. The highest BCUT2D eigenvalue weighted by atomic mass is 32.2. The molecule has 5 nitrogen and oxygen atoms in total. The Bertz CT molecular complexity index is 669. The van der Waals surface area contributed by atoms with Gasteiger partial charge >= 0.3 is 0 Å². The minimum Gasteiger partial charge on any atom is -0.349 e. The number of aryl methyl sites for hydroxylation is 2. The molecular formula is C13H16FN3O2S. The van der Waals surface area contributed by atoms with Crippen molar-refractivity contribution in [3.05, 3.63) is 47.8 Å². The number of sulfonamides is 1. The Balaban J connectivity index is 1.95. The predicted molar refractivity (Wildman–Crippen MR) is 73.2 cm³/mol. The molecule has 1 aromatic heterocycles. The first-order chi connectivity index (χ1) is 9.49. The molecule has 2 rings (SSSR count). The van der Waals surface area contributed by atoms with Crippen molar-refractivity contribution in [3.8, 4) is 0 Å². The van der Waals surface area contributed by atoms with Crippen molar-refractivity contribution < 1.29 is 12.8 Å². The molecule has 0 fully saturated rings. The summed E-state index contributed by atoms with van der Waals surface area (Å²) >= 11 is 0. The van der Waals surface area contributed by atoms with Gasteiger partial charge in [0.2, 0.25) is 10.0 Å². The Labute approximate surface area is 117 Å². The fraction of sp³-hybridized carbons (Fsp3) is 0.308. The molecular weight excluding hydrogens is 281 g/mol. The Morgan fingerprint density at radius 2 is 2.20 bits per heavy atom. The molecule has 108 valence electrons. The summed E-state index contributed by atoms with van der Waals surface area (Å²) in [5, 5.41) is 0. The lowest BCUT2D eigenvalue weighted by Gasteiger charge is -2.09. The van der Waals surface area contributed by atoms with Gasteiger partial charge in [0.25, 0.3) is 0 Å². The SMILES string of the molecule is Cc1ccc(F)cc1S(=O)(=O)NCCCc1ncc[nH]1. The fourth-order valence-corrected chi connectivity index (χ4v) is 3.17. The van der Waals surface area contributed by atoms with E-state index in [4.69, 9.17) is 0 Å². The van der Waals surface area contributed by atoms with Crippen LogP contribution in [0.4, 0.5) is 4.39 Å². The second-order valence-electron chi connectivity index (χ2n) is 4.45. The van der Waals surface area contributed by atoms with Crippen molar-refractivity contribution in [2.75, 3.05) is 6.54 Å². The van der Waals surface area contributed by atoms with Gasteiger partial charge in [-0.2, -0.15) is 0 Å². The van der Waals surface area contributed by atoms with Crippen LogP contribution in [0.3, 0.4) is 0 Å². The van der Waals surface area contributed by atoms with Crippen molar-refractivity contribution in [3.63, 3.8) is 0 Å². The van der Waals surface area contributed by atoms with E-state index in [1.165, 1.54) is 12.1 Å². The average molecular weight is 297 g/mol. The van der Waals surface area contributed by atoms with E-state index >= 15 is 0 Å². The monoisotopic (exact) mass is 297 g/mol. The van der Waals surface area contributed by atoms with Gasteiger partial charge in [-0.05, 0) is 31.0 Å². The number of nitrogens with zero attached hydrogens (tertiary/aromatic N) is 1. The number of halogens is 1. The number of benzene rings is 1. The highest BCUT2D eigenvalue weighted by Crippen LogP contribution is 2.16. The van der Waals surface area contributed by atoms with E-state index in [2.05, 4.69) is 14.7 Å². The number of H-pyrrole nitrogens is 1. The second kappa shape index (κ2) is 6.15. The molecule has 7 heteroatoms. The molecule has 0 aliphatic heterocycles. The van der Waals surface area contributed by atoms with E-state index in [1.807, 2.05) is 0 Å². The number of aromatic amines is 1. The quantitative estimate of drug-likeness (QED) is 0.798. The van der Waals surface area contributed by atoms with Crippen LogP contribution in [-0.4, -0.2) is 24.9 Å². The fourth-order valence-electron chi connectivity index (χ4n) is 1.84. The Kier molecular flexibility index (Phi) is 4.51. The second-order valence-corrected chi connectivity index (χ2v) is 6.18. The summed E-state index contributed by atoms with van der Waals surface area (Å²) in [5.74, 6) is 0.248. The lowest BCUT2D eigenvalue weighted by Crippen LogP contribution is -2.26. The lowest BCUT2D eigenvalue weighted by molar-refractivity contribution is 0.573. The molecule has 0 aliphatic rings. The molecule has 0 aliphatic carbocycles. The molecule has 0 spiro atoms. The highest BCUT2D eigenvalue weighted by Gasteiger charge is 2.16. The zero-order valence-electron chi connectivity index (χ0n) is 11.1. The zero-order chi connectivity index (χ0) is 14.6. The molecule has 0 amide bonds. The summed E-state index contributed by atoms with van der Waals surface area (Å²) in [7, 11) is -3.68. The van der Waals surface area contributed by atoms with Crippen LogP contribution in [0.25, 0.3) is 0 Å². The van der Waals surface area contributed by atoms with Gasteiger partial charge in [0, 0.05) is 25.4 Å². The smallest absolute Gasteiger partial charge is 0.240 e. The third-order valence-corrected chi connectivity index (χ3v) is 4.48. The number of hydrogen-bond acceptors (Lipinski definition) is 3. The van der Waals surface area contributed by atoms with Gasteiger partial charge in [-0.25, -0.2) is 22.5 Å². The van der Waals surface area contributed by atoms with Crippen LogP contribution in [0.1, 0.15) is 17.8 Å². The van der Waals surface area contributed by atoms with E-state index in [0.29, 0.717) is 18.4 Å². The van der Waals surface area contributed by atoms with Gasteiger partial charge < -0.3 is 4.98 Å². The summed E-state index contributed by atoms with van der Waals surface area (Å²) in [4.78, 5) is 6.98. The topological polar surface area (TPSA) is 74.8 Å². The van der Waals surface area contributed by atoms with Crippen LogP contribution in [0.15, 0.2) is 35.5 Å². The molecule has 1 aromatic carbocycles. The summed E-state index contributed by atoms with van der Waals surface area (Å²) in [6, 6.07) is 3.72. The summed E-state index contributed by atoms with van der Waals surface area (Å²) in [5.41, 5.74) is 0.518. The van der Waals surface area contributed by atoms with Crippen LogP contribution < -0.4 is 4.72 Å². The number of hydrogen-bond donors (Lipinski definition) is 2. The molecule has 1 heterocycles. The van der Waals surface area contributed by atoms with Crippen molar-refractivity contribution in [1.29, 1.82) is 0 Å². The summed E-state index contributed by atoms with van der Waals surface area (Å²) in [6.45, 7) is 1.91. The zero-order valence-corrected chi connectivity index (χ0v) is 11.9. The van der Waals surface area contributed by atoms with E-state index in [9.17, 15) is 12.8 Å². The Morgan fingerprint density at radius 3 is 2.90 bits per heavy atom. The third-order valence-electron chi connectivity index (χ3n) is 2.88. The maximum atomic E-state index is 13.1. The molecule has 0 radical (unpaired) electrons. The first kappa shape index (κ1) is 14.7. The molecule has 2 aromatic rings. The average Bonchev–Trinajstić information content (AvgIpc) is 2.90. The standard InChI is InChI=1S/C13H16FN3O2S/c1-10-4-5-11(14)9-12(10)20(18,19)17-6-2-3-13-15-7-8-16-13/h4-5,7-9,17H,2-3,6H2,1H3,(H,15,16). The van der Waals surface area contributed by atoms with Gasteiger partial charge in [-0.1, -0.05) is 6.07 Å². The van der Waals surface area contributed by atoms with Crippen LogP contribution in [0.2, 0.25) is 0 Å². The number of nitrogens with one attached hydrogen (secondary N) is 2. The predicted octanol–water partition coefficient (Wildman–Crippen LogP) is 1.77. The van der Waals surface area contributed by atoms with Crippen LogP contribution in [0.5, 0.6) is 0 Å². The van der Waals surface area contributed by atoms with E-state index in [-0.39, 0.29) is 11.4 Å². The van der Waals surface area contributed by atoms with E-state index in [1.54, 1.807) is 19.3 Å². The number of imidazole rings is 1. The van der Waals surface area contributed by atoms with Gasteiger partial charge in [-0.15, -0.1) is 0 Å². The van der Waals surface area contributed by atoms with Crippen LogP contribution in [-0.2, 0) is 16.4 Å². The lowest BCUT2D eigenvalue weighted by atomic mass is 10.2. The van der Waals surface area contributed by atoms with Crippen molar-refractivity contribution in [1.82, 2.24) is 14.7 Å².